The van der Waals surface area contributed by atoms with E-state index in [0.29, 0.717) is 0 Å². The molecule has 0 amide bonds. The van der Waals surface area contributed by atoms with Gasteiger partial charge in [-0.05, 0) is 67.4 Å². The molecule has 1 aromatic heterocycles. The van der Waals surface area contributed by atoms with Crippen LogP contribution in [0.15, 0.2) is 97.1 Å². The van der Waals surface area contributed by atoms with Crippen LogP contribution in [0.1, 0.15) is 0 Å². The summed E-state index contributed by atoms with van der Waals surface area (Å²) in [5.41, 5.74) is 2.57. The first-order chi connectivity index (χ1) is 14.8. The van der Waals surface area contributed by atoms with Gasteiger partial charge in [0.2, 0.25) is 0 Å². The van der Waals surface area contributed by atoms with Gasteiger partial charge in [-0.1, -0.05) is 72.8 Å². The molecular formula is C29H19N. The molecule has 0 unspecified atom stereocenters. The van der Waals surface area contributed by atoms with Gasteiger partial charge in [0.25, 0.3) is 0 Å². The smallest absolute Gasteiger partial charge is 0.0495 e. The van der Waals surface area contributed by atoms with Gasteiger partial charge in [-0.2, -0.15) is 0 Å². The number of rotatable bonds is 0. The summed E-state index contributed by atoms with van der Waals surface area (Å²) < 4.78 is 2.31. The molecule has 0 aliphatic rings. The second kappa shape index (κ2) is 5.61. The van der Waals surface area contributed by atoms with Crippen LogP contribution in [0.4, 0.5) is 0 Å². The molecule has 1 heterocycles. The summed E-state index contributed by atoms with van der Waals surface area (Å²) in [5, 5.41) is 13.3. The lowest BCUT2D eigenvalue weighted by molar-refractivity contribution is 1.01. The van der Waals surface area contributed by atoms with Crippen molar-refractivity contribution in [1.29, 1.82) is 0 Å². The quantitative estimate of drug-likeness (QED) is 0.186. The first kappa shape index (κ1) is 16.0. The predicted molar refractivity (Wildman–Crippen MR) is 130 cm³/mol. The van der Waals surface area contributed by atoms with E-state index < -0.39 is 0 Å². The fourth-order valence-corrected chi connectivity index (χ4v) is 5.38. The molecular weight excluding hydrogens is 362 g/mol. The van der Waals surface area contributed by atoms with Gasteiger partial charge >= 0.3 is 0 Å². The van der Waals surface area contributed by atoms with Crippen molar-refractivity contribution < 1.29 is 0 Å². The third kappa shape index (κ3) is 1.92. The Morgan fingerprint density at radius 1 is 0.433 bits per heavy atom. The Balaban J connectivity index is 1.80. The molecule has 0 aliphatic carbocycles. The van der Waals surface area contributed by atoms with E-state index in [4.69, 9.17) is 0 Å². The maximum Gasteiger partial charge on any atom is 0.0495 e. The predicted octanol–water partition coefficient (Wildman–Crippen LogP) is 7.94. The average Bonchev–Trinajstić information content (AvgIpc) is 3.11. The molecule has 7 rings (SSSR count). The molecule has 0 saturated heterocycles. The summed E-state index contributed by atoms with van der Waals surface area (Å²) in [7, 11) is 2.17. The summed E-state index contributed by atoms with van der Waals surface area (Å²) >= 11 is 0. The Morgan fingerprint density at radius 2 is 0.967 bits per heavy atom. The molecule has 140 valence electrons. The third-order valence-electron chi connectivity index (χ3n) is 6.76. The molecule has 0 atom stereocenters. The lowest BCUT2D eigenvalue weighted by Gasteiger charge is -2.12. The Morgan fingerprint density at radius 3 is 1.63 bits per heavy atom. The summed E-state index contributed by atoms with van der Waals surface area (Å²) in [4.78, 5) is 0. The van der Waals surface area contributed by atoms with Gasteiger partial charge in [-0.3, -0.25) is 0 Å². The van der Waals surface area contributed by atoms with E-state index in [9.17, 15) is 0 Å². The van der Waals surface area contributed by atoms with Crippen molar-refractivity contribution in [1.82, 2.24) is 4.57 Å². The highest BCUT2D eigenvalue weighted by Gasteiger charge is 2.14. The number of aromatic nitrogens is 1. The van der Waals surface area contributed by atoms with Crippen LogP contribution in [0.3, 0.4) is 0 Å². The summed E-state index contributed by atoms with van der Waals surface area (Å²) in [6.45, 7) is 0. The van der Waals surface area contributed by atoms with E-state index in [-0.39, 0.29) is 0 Å². The van der Waals surface area contributed by atoms with Crippen LogP contribution < -0.4 is 0 Å². The molecule has 0 radical (unpaired) electrons. The van der Waals surface area contributed by atoms with Crippen LogP contribution in [0.5, 0.6) is 0 Å². The van der Waals surface area contributed by atoms with Crippen molar-refractivity contribution in [3.05, 3.63) is 97.1 Å². The maximum absolute atomic E-state index is 2.42. The Hall–Kier alpha value is -3.84. The van der Waals surface area contributed by atoms with E-state index in [1.165, 1.54) is 64.9 Å². The highest BCUT2D eigenvalue weighted by atomic mass is 14.9. The number of hydrogen-bond acceptors (Lipinski definition) is 0. The zero-order chi connectivity index (χ0) is 19.8. The number of aryl methyl sites for hydroxylation is 1. The summed E-state index contributed by atoms with van der Waals surface area (Å²) in [6.07, 6.45) is 0. The Kier molecular flexibility index (Phi) is 2.99. The third-order valence-corrected chi connectivity index (χ3v) is 6.76. The molecule has 0 spiro atoms. The number of benzene rings is 6. The minimum absolute atomic E-state index is 1.28. The number of para-hydroxylation sites is 1. The van der Waals surface area contributed by atoms with Crippen LogP contribution >= 0.6 is 0 Å². The van der Waals surface area contributed by atoms with E-state index in [1.54, 1.807) is 0 Å². The molecule has 6 aromatic carbocycles. The van der Waals surface area contributed by atoms with Crippen molar-refractivity contribution in [3.63, 3.8) is 0 Å². The Labute approximate surface area is 173 Å². The van der Waals surface area contributed by atoms with E-state index in [2.05, 4.69) is 109 Å². The average molecular weight is 381 g/mol. The van der Waals surface area contributed by atoms with E-state index in [1.807, 2.05) is 0 Å². The molecule has 0 fully saturated rings. The largest absolute Gasteiger partial charge is 0.344 e. The fraction of sp³-hybridized carbons (Fsp3) is 0.0345. The fourth-order valence-electron chi connectivity index (χ4n) is 5.38. The molecule has 0 saturated carbocycles. The molecule has 0 N–H and O–H groups in total. The SMILES string of the molecule is Cn1c2ccccc2c2c3cc4c5ccccc5c5ccccc5c4cc3ccc21. The molecule has 1 nitrogen and oxygen atoms in total. The van der Waals surface area contributed by atoms with Gasteiger partial charge in [0.1, 0.15) is 0 Å². The van der Waals surface area contributed by atoms with Crippen LogP contribution in [0.2, 0.25) is 0 Å². The van der Waals surface area contributed by atoms with Gasteiger partial charge in [0.05, 0.1) is 0 Å². The molecule has 0 bridgehead atoms. The number of nitrogens with zero attached hydrogens (tertiary/aromatic N) is 1. The van der Waals surface area contributed by atoms with Gasteiger partial charge < -0.3 is 4.57 Å². The first-order valence-corrected chi connectivity index (χ1v) is 10.4. The van der Waals surface area contributed by atoms with E-state index in [0.717, 1.165) is 0 Å². The number of hydrogen-bond donors (Lipinski definition) is 0. The second-order valence-corrected chi connectivity index (χ2v) is 8.25. The number of fused-ring (bicyclic) bond motifs is 11. The summed E-state index contributed by atoms with van der Waals surface area (Å²) in [5.74, 6) is 0. The minimum atomic E-state index is 1.28. The topological polar surface area (TPSA) is 4.93 Å². The van der Waals surface area contributed by atoms with Crippen molar-refractivity contribution in [3.8, 4) is 0 Å². The maximum atomic E-state index is 2.42. The van der Waals surface area contributed by atoms with Crippen LogP contribution in [0, 0.1) is 0 Å². The minimum Gasteiger partial charge on any atom is -0.344 e. The zero-order valence-electron chi connectivity index (χ0n) is 16.7. The van der Waals surface area contributed by atoms with Gasteiger partial charge in [0, 0.05) is 28.9 Å². The molecule has 30 heavy (non-hydrogen) atoms. The molecule has 7 aromatic rings. The highest BCUT2D eigenvalue weighted by molar-refractivity contribution is 6.30. The monoisotopic (exact) mass is 381 g/mol. The van der Waals surface area contributed by atoms with Crippen molar-refractivity contribution in [2.45, 2.75) is 0 Å². The standard InChI is InChI=1S/C29H19N/c1-30-27-13-7-6-12-23(27)29-24-17-26-22-11-5-3-9-20(22)19-8-2-4-10-21(19)25(26)16-18(24)14-15-28(29)30/h2-17H,1H3. The second-order valence-electron chi connectivity index (χ2n) is 8.25. The van der Waals surface area contributed by atoms with Crippen LogP contribution in [0.25, 0.3) is 64.9 Å². The molecule has 1 heteroatoms. The van der Waals surface area contributed by atoms with Gasteiger partial charge in [-0.25, -0.2) is 0 Å². The van der Waals surface area contributed by atoms with E-state index >= 15 is 0 Å². The van der Waals surface area contributed by atoms with Gasteiger partial charge in [0.15, 0.2) is 0 Å². The van der Waals surface area contributed by atoms with Crippen LogP contribution in [-0.4, -0.2) is 4.57 Å². The van der Waals surface area contributed by atoms with Crippen molar-refractivity contribution in [2.75, 3.05) is 0 Å². The van der Waals surface area contributed by atoms with Crippen molar-refractivity contribution >= 4 is 64.9 Å². The van der Waals surface area contributed by atoms with Crippen molar-refractivity contribution in [2.24, 2.45) is 7.05 Å². The lowest BCUT2D eigenvalue weighted by Crippen LogP contribution is -1.87. The Bertz CT molecular complexity index is 1800. The normalized spacial score (nSPS) is 12.2. The van der Waals surface area contributed by atoms with Crippen LogP contribution in [-0.2, 0) is 7.05 Å². The lowest BCUT2D eigenvalue weighted by atomic mass is 9.91. The zero-order valence-corrected chi connectivity index (χ0v) is 16.7. The summed E-state index contributed by atoms with van der Waals surface area (Å²) in [6, 6.07) is 35.7. The first-order valence-electron chi connectivity index (χ1n) is 10.4. The molecule has 0 aliphatic heterocycles. The highest BCUT2D eigenvalue weighted by Crippen LogP contribution is 2.40. The van der Waals surface area contributed by atoms with Gasteiger partial charge in [-0.15, -0.1) is 0 Å².